The molecule has 1 heterocycles. The molecule has 1 N–H and O–H groups in total. The van der Waals surface area contributed by atoms with E-state index >= 15 is 0 Å². The highest BCUT2D eigenvalue weighted by Crippen LogP contribution is 2.09. The Labute approximate surface area is 117 Å². The Morgan fingerprint density at radius 1 is 1.15 bits per heavy atom. The van der Waals surface area contributed by atoms with Gasteiger partial charge in [-0.15, -0.1) is 0 Å². The number of nitrogens with zero attached hydrogens (tertiary/aromatic N) is 1. The molecule has 0 fully saturated rings. The molecule has 1 aromatic carbocycles. The van der Waals surface area contributed by atoms with Crippen LogP contribution in [0.15, 0.2) is 41.3 Å². The van der Waals surface area contributed by atoms with Crippen molar-refractivity contribution in [2.45, 2.75) is 24.9 Å². The van der Waals surface area contributed by atoms with E-state index in [1.165, 1.54) is 6.20 Å². The Morgan fingerprint density at radius 2 is 1.85 bits per heavy atom. The SMILES string of the molecule is CCc1ncc(CS(=O)(=O)Cc2ccccc2)c(=O)[nH]1. The third-order valence-corrected chi connectivity index (χ3v) is 4.39. The number of benzene rings is 1. The van der Waals surface area contributed by atoms with E-state index in [9.17, 15) is 13.2 Å². The molecule has 1 aromatic heterocycles. The Kier molecular flexibility index (Phi) is 4.34. The van der Waals surface area contributed by atoms with Crippen molar-refractivity contribution in [3.05, 3.63) is 63.8 Å². The van der Waals surface area contributed by atoms with Crippen LogP contribution in [-0.2, 0) is 27.8 Å². The average Bonchev–Trinajstić information content (AvgIpc) is 2.41. The topological polar surface area (TPSA) is 79.9 Å². The molecule has 0 bridgehead atoms. The van der Waals surface area contributed by atoms with Gasteiger partial charge in [0.1, 0.15) is 5.82 Å². The van der Waals surface area contributed by atoms with Crippen LogP contribution in [0.1, 0.15) is 23.9 Å². The van der Waals surface area contributed by atoms with Crippen LogP contribution in [0.25, 0.3) is 0 Å². The number of hydrogen-bond donors (Lipinski definition) is 1. The highest BCUT2D eigenvalue weighted by Gasteiger charge is 2.15. The first-order valence-electron chi connectivity index (χ1n) is 6.31. The summed E-state index contributed by atoms with van der Waals surface area (Å²) < 4.78 is 24.2. The molecule has 0 aliphatic rings. The molecule has 5 nitrogen and oxygen atoms in total. The van der Waals surface area contributed by atoms with E-state index < -0.39 is 9.84 Å². The fourth-order valence-corrected chi connectivity index (χ4v) is 3.34. The van der Waals surface area contributed by atoms with Gasteiger partial charge in [0.15, 0.2) is 9.84 Å². The third-order valence-electron chi connectivity index (χ3n) is 2.87. The van der Waals surface area contributed by atoms with Crippen LogP contribution in [0, 0.1) is 0 Å². The minimum atomic E-state index is -3.39. The minimum Gasteiger partial charge on any atom is -0.310 e. The lowest BCUT2D eigenvalue weighted by Crippen LogP contribution is -2.20. The normalized spacial score (nSPS) is 11.4. The molecule has 0 unspecified atom stereocenters. The number of aryl methyl sites for hydroxylation is 1. The van der Waals surface area contributed by atoms with Gasteiger partial charge in [-0.3, -0.25) is 4.79 Å². The van der Waals surface area contributed by atoms with Crippen LogP contribution in [0.4, 0.5) is 0 Å². The van der Waals surface area contributed by atoms with E-state index in [-0.39, 0.29) is 22.6 Å². The first kappa shape index (κ1) is 14.5. The van der Waals surface area contributed by atoms with Crippen LogP contribution in [0.2, 0.25) is 0 Å². The average molecular weight is 292 g/mol. The van der Waals surface area contributed by atoms with E-state index in [1.54, 1.807) is 24.3 Å². The van der Waals surface area contributed by atoms with Crippen molar-refractivity contribution in [3.8, 4) is 0 Å². The first-order chi connectivity index (χ1) is 9.50. The quantitative estimate of drug-likeness (QED) is 0.904. The van der Waals surface area contributed by atoms with E-state index in [2.05, 4.69) is 9.97 Å². The summed E-state index contributed by atoms with van der Waals surface area (Å²) in [4.78, 5) is 18.4. The van der Waals surface area contributed by atoms with Gasteiger partial charge in [0, 0.05) is 12.6 Å². The fourth-order valence-electron chi connectivity index (χ4n) is 1.86. The lowest BCUT2D eigenvalue weighted by molar-refractivity contribution is 0.594. The van der Waals surface area contributed by atoms with Gasteiger partial charge in [0.05, 0.1) is 17.1 Å². The molecule has 0 amide bonds. The summed E-state index contributed by atoms with van der Waals surface area (Å²) in [5.74, 6) is 0.177. The second-order valence-corrected chi connectivity index (χ2v) is 6.62. The molecule has 2 rings (SSSR count). The van der Waals surface area contributed by atoms with Gasteiger partial charge in [0.2, 0.25) is 0 Å². The molecule has 20 heavy (non-hydrogen) atoms. The smallest absolute Gasteiger partial charge is 0.255 e. The molecule has 0 saturated heterocycles. The lowest BCUT2D eigenvalue weighted by atomic mass is 10.2. The van der Waals surface area contributed by atoms with Gasteiger partial charge in [-0.2, -0.15) is 0 Å². The van der Waals surface area contributed by atoms with Gasteiger partial charge < -0.3 is 4.98 Å². The molecule has 2 aromatic rings. The van der Waals surface area contributed by atoms with E-state index in [0.717, 1.165) is 0 Å². The Balaban J connectivity index is 2.18. The van der Waals surface area contributed by atoms with Crippen LogP contribution in [0.5, 0.6) is 0 Å². The molecule has 6 heteroatoms. The zero-order chi connectivity index (χ0) is 14.6. The van der Waals surface area contributed by atoms with Crippen LogP contribution in [0.3, 0.4) is 0 Å². The first-order valence-corrected chi connectivity index (χ1v) is 8.14. The molecule has 0 atom stereocenters. The van der Waals surface area contributed by atoms with Crippen LogP contribution in [-0.4, -0.2) is 18.4 Å². The maximum Gasteiger partial charge on any atom is 0.255 e. The number of aromatic nitrogens is 2. The van der Waals surface area contributed by atoms with Gasteiger partial charge in [-0.1, -0.05) is 37.3 Å². The zero-order valence-electron chi connectivity index (χ0n) is 11.2. The third kappa shape index (κ3) is 3.77. The summed E-state index contributed by atoms with van der Waals surface area (Å²) in [7, 11) is -3.39. The predicted molar refractivity (Wildman–Crippen MR) is 77.0 cm³/mol. The fraction of sp³-hybridized carbons (Fsp3) is 0.286. The summed E-state index contributed by atoms with van der Waals surface area (Å²) in [6, 6.07) is 8.90. The monoisotopic (exact) mass is 292 g/mol. The van der Waals surface area contributed by atoms with E-state index in [4.69, 9.17) is 0 Å². The number of rotatable bonds is 5. The summed E-state index contributed by atoms with van der Waals surface area (Å²) in [6.45, 7) is 1.87. The van der Waals surface area contributed by atoms with Crippen molar-refractivity contribution in [1.82, 2.24) is 9.97 Å². The van der Waals surface area contributed by atoms with E-state index in [1.807, 2.05) is 13.0 Å². The molecule has 106 valence electrons. The van der Waals surface area contributed by atoms with Crippen molar-refractivity contribution in [3.63, 3.8) is 0 Å². The van der Waals surface area contributed by atoms with Crippen LogP contribution >= 0.6 is 0 Å². The Hall–Kier alpha value is -1.95. The Morgan fingerprint density at radius 3 is 2.45 bits per heavy atom. The van der Waals surface area contributed by atoms with Crippen molar-refractivity contribution in [1.29, 1.82) is 0 Å². The molecule has 0 radical (unpaired) electrons. The molecule has 0 aliphatic heterocycles. The molecule has 0 saturated carbocycles. The number of sulfone groups is 1. The van der Waals surface area contributed by atoms with Crippen LogP contribution < -0.4 is 5.56 Å². The van der Waals surface area contributed by atoms with Crippen molar-refractivity contribution >= 4 is 9.84 Å². The maximum absolute atomic E-state index is 12.1. The molecule has 0 aliphatic carbocycles. The number of nitrogens with one attached hydrogen (secondary N) is 1. The largest absolute Gasteiger partial charge is 0.310 e. The van der Waals surface area contributed by atoms with Crippen molar-refractivity contribution in [2.75, 3.05) is 0 Å². The van der Waals surface area contributed by atoms with Gasteiger partial charge in [-0.05, 0) is 5.56 Å². The van der Waals surface area contributed by atoms with Gasteiger partial charge in [-0.25, -0.2) is 13.4 Å². The highest BCUT2D eigenvalue weighted by atomic mass is 32.2. The molecular formula is C14H16N2O3S. The minimum absolute atomic E-state index is 0.0805. The summed E-state index contributed by atoms with van der Waals surface area (Å²) in [5, 5.41) is 0. The number of aromatic amines is 1. The van der Waals surface area contributed by atoms with Gasteiger partial charge >= 0.3 is 0 Å². The lowest BCUT2D eigenvalue weighted by Gasteiger charge is -2.05. The van der Waals surface area contributed by atoms with E-state index in [0.29, 0.717) is 17.8 Å². The second kappa shape index (κ2) is 6.00. The van der Waals surface area contributed by atoms with Crippen molar-refractivity contribution in [2.24, 2.45) is 0 Å². The Bertz CT molecular complexity index is 737. The summed E-state index contributed by atoms with van der Waals surface area (Å²) >= 11 is 0. The standard InChI is InChI=1S/C14H16N2O3S/c1-2-13-15-8-12(14(17)16-13)10-20(18,19)9-11-6-4-3-5-7-11/h3-8H,2,9-10H2,1H3,(H,15,16,17). The maximum atomic E-state index is 12.1. The molecule has 0 spiro atoms. The summed E-state index contributed by atoms with van der Waals surface area (Å²) in [6.07, 6.45) is 1.95. The van der Waals surface area contributed by atoms with Crippen molar-refractivity contribution < 1.29 is 8.42 Å². The number of H-pyrrole nitrogens is 1. The van der Waals surface area contributed by atoms with Gasteiger partial charge in [0.25, 0.3) is 5.56 Å². The predicted octanol–water partition coefficient (Wildman–Crippen LogP) is 1.45. The highest BCUT2D eigenvalue weighted by molar-refractivity contribution is 7.89. The second-order valence-electron chi connectivity index (χ2n) is 4.56. The number of hydrogen-bond acceptors (Lipinski definition) is 4. The zero-order valence-corrected chi connectivity index (χ0v) is 12.0. The summed E-state index contributed by atoms with van der Waals surface area (Å²) in [5.41, 5.74) is 0.508. The molecular weight excluding hydrogens is 276 g/mol.